The maximum atomic E-state index is 5.52. The highest BCUT2D eigenvalue weighted by Crippen LogP contribution is 2.25. The maximum Gasteiger partial charge on any atom is 0.194 e. The molecule has 0 aromatic carbocycles. The van der Waals surface area contributed by atoms with Crippen molar-refractivity contribution in [3.05, 3.63) is 40.5 Å². The number of hydrogen-bond acceptors (Lipinski definition) is 5. The van der Waals surface area contributed by atoms with Crippen LogP contribution in [-0.4, -0.2) is 55.7 Å². The first-order chi connectivity index (χ1) is 13.1. The van der Waals surface area contributed by atoms with Gasteiger partial charge in [0.05, 0.1) is 24.3 Å². The van der Waals surface area contributed by atoms with Gasteiger partial charge in [-0.25, -0.2) is 4.99 Å². The van der Waals surface area contributed by atoms with Crippen LogP contribution in [0.25, 0.3) is 0 Å². The molecule has 3 rings (SSSR count). The van der Waals surface area contributed by atoms with Gasteiger partial charge >= 0.3 is 0 Å². The molecule has 0 atom stereocenters. The Morgan fingerprint density at radius 3 is 2.70 bits per heavy atom. The highest BCUT2D eigenvalue weighted by atomic mass is 32.1. The lowest BCUT2D eigenvalue weighted by molar-refractivity contribution is 0.373. The fourth-order valence-electron chi connectivity index (χ4n) is 3.39. The molecule has 1 aliphatic rings. The maximum absolute atomic E-state index is 5.52. The number of aliphatic imine (C=N–C) groups is 1. The Hall–Kier alpha value is -2.28. The van der Waals surface area contributed by atoms with E-state index in [1.165, 1.54) is 5.00 Å². The van der Waals surface area contributed by atoms with Crippen molar-refractivity contribution in [1.29, 1.82) is 0 Å². The summed E-state index contributed by atoms with van der Waals surface area (Å²) in [6, 6.07) is 4.31. The Morgan fingerprint density at radius 1 is 1.30 bits per heavy atom. The summed E-state index contributed by atoms with van der Waals surface area (Å²) in [7, 11) is 1.71. The van der Waals surface area contributed by atoms with Crippen LogP contribution in [0.1, 0.15) is 23.7 Å². The summed E-state index contributed by atoms with van der Waals surface area (Å²) in [4.78, 5) is 14.2. The predicted molar refractivity (Wildman–Crippen MR) is 113 cm³/mol. The number of aromatic nitrogens is 1. The van der Waals surface area contributed by atoms with Crippen molar-refractivity contribution in [2.75, 3.05) is 44.7 Å². The lowest BCUT2D eigenvalue weighted by Crippen LogP contribution is -2.52. The molecule has 0 spiro atoms. The molecule has 7 heteroatoms. The van der Waals surface area contributed by atoms with Crippen LogP contribution < -0.4 is 15.0 Å². The molecule has 1 aliphatic heterocycles. The van der Waals surface area contributed by atoms with Crippen molar-refractivity contribution in [2.45, 2.75) is 27.3 Å². The van der Waals surface area contributed by atoms with E-state index in [-0.39, 0.29) is 0 Å². The molecule has 0 amide bonds. The van der Waals surface area contributed by atoms with E-state index in [0.29, 0.717) is 6.54 Å². The largest absolute Gasteiger partial charge is 0.496 e. The lowest BCUT2D eigenvalue weighted by atomic mass is 10.1. The second-order valence-corrected chi connectivity index (χ2v) is 7.57. The molecule has 2 aromatic rings. The van der Waals surface area contributed by atoms with Gasteiger partial charge in [-0.3, -0.25) is 4.98 Å². The molecule has 1 saturated heterocycles. The summed E-state index contributed by atoms with van der Waals surface area (Å²) in [5.41, 5.74) is 3.09. The normalized spacial score (nSPS) is 15.2. The smallest absolute Gasteiger partial charge is 0.194 e. The molecular formula is C20H29N5OS. The number of pyridine rings is 1. The van der Waals surface area contributed by atoms with E-state index in [2.05, 4.69) is 51.5 Å². The van der Waals surface area contributed by atoms with Gasteiger partial charge in [-0.1, -0.05) is 0 Å². The number of anilines is 1. The van der Waals surface area contributed by atoms with Crippen LogP contribution in [0.3, 0.4) is 0 Å². The summed E-state index contributed by atoms with van der Waals surface area (Å²) in [6.45, 7) is 11.5. The van der Waals surface area contributed by atoms with Crippen molar-refractivity contribution in [3.8, 4) is 5.75 Å². The van der Waals surface area contributed by atoms with Gasteiger partial charge in [0.15, 0.2) is 5.96 Å². The molecule has 1 fully saturated rings. The van der Waals surface area contributed by atoms with Gasteiger partial charge in [0, 0.05) is 50.0 Å². The summed E-state index contributed by atoms with van der Waals surface area (Å²) >= 11 is 1.80. The predicted octanol–water partition coefficient (Wildman–Crippen LogP) is 3.06. The Kier molecular flexibility index (Phi) is 6.55. The SMILES string of the molecule is CCNC(=NCc1ncc(C)c(OC)c1C)N1CCN(c2cccs2)CC1. The fraction of sp³-hybridized carbons (Fsp3) is 0.500. The topological polar surface area (TPSA) is 53.0 Å². The van der Waals surface area contributed by atoms with Gasteiger partial charge in [0.25, 0.3) is 0 Å². The molecule has 2 aromatic heterocycles. The molecule has 0 aliphatic carbocycles. The Labute approximate surface area is 165 Å². The minimum atomic E-state index is 0.552. The molecule has 146 valence electrons. The van der Waals surface area contributed by atoms with E-state index in [1.807, 2.05) is 13.1 Å². The number of aryl methyl sites for hydroxylation is 1. The summed E-state index contributed by atoms with van der Waals surface area (Å²) in [6.07, 6.45) is 1.86. The van der Waals surface area contributed by atoms with Crippen LogP contribution in [-0.2, 0) is 6.54 Å². The van der Waals surface area contributed by atoms with Crippen molar-refractivity contribution < 1.29 is 4.74 Å². The van der Waals surface area contributed by atoms with Crippen molar-refractivity contribution in [1.82, 2.24) is 15.2 Å². The number of ether oxygens (including phenoxy) is 1. The number of methoxy groups -OCH3 is 1. The zero-order valence-corrected chi connectivity index (χ0v) is 17.5. The molecular weight excluding hydrogens is 358 g/mol. The third-order valence-corrected chi connectivity index (χ3v) is 5.79. The second kappa shape index (κ2) is 9.08. The molecule has 6 nitrogen and oxygen atoms in total. The number of nitrogens with one attached hydrogen (secondary N) is 1. The minimum absolute atomic E-state index is 0.552. The van der Waals surface area contributed by atoms with Crippen LogP contribution in [0, 0.1) is 13.8 Å². The summed E-state index contributed by atoms with van der Waals surface area (Å²) in [5, 5.41) is 6.92. The monoisotopic (exact) mass is 387 g/mol. The first-order valence-electron chi connectivity index (χ1n) is 9.44. The minimum Gasteiger partial charge on any atom is -0.496 e. The molecule has 0 saturated carbocycles. The lowest BCUT2D eigenvalue weighted by Gasteiger charge is -2.37. The number of hydrogen-bond donors (Lipinski definition) is 1. The summed E-state index contributed by atoms with van der Waals surface area (Å²) < 4.78 is 5.52. The second-order valence-electron chi connectivity index (χ2n) is 6.64. The van der Waals surface area contributed by atoms with Gasteiger partial charge in [-0.2, -0.15) is 0 Å². The molecule has 27 heavy (non-hydrogen) atoms. The molecule has 3 heterocycles. The van der Waals surface area contributed by atoms with Crippen LogP contribution in [0.5, 0.6) is 5.75 Å². The number of rotatable bonds is 5. The molecule has 0 unspecified atom stereocenters. The first-order valence-corrected chi connectivity index (χ1v) is 10.3. The summed E-state index contributed by atoms with van der Waals surface area (Å²) in [5.74, 6) is 1.87. The van der Waals surface area contributed by atoms with E-state index >= 15 is 0 Å². The van der Waals surface area contributed by atoms with E-state index in [4.69, 9.17) is 9.73 Å². The van der Waals surface area contributed by atoms with E-state index in [9.17, 15) is 0 Å². The number of nitrogens with zero attached hydrogens (tertiary/aromatic N) is 4. The van der Waals surface area contributed by atoms with Gasteiger partial charge in [-0.15, -0.1) is 11.3 Å². The van der Waals surface area contributed by atoms with Gasteiger partial charge in [0.2, 0.25) is 0 Å². The zero-order chi connectivity index (χ0) is 19.2. The van der Waals surface area contributed by atoms with Gasteiger partial charge in [0.1, 0.15) is 5.75 Å². The fourth-order valence-corrected chi connectivity index (χ4v) is 4.18. The number of thiophene rings is 1. The quantitative estimate of drug-likeness (QED) is 0.631. The van der Waals surface area contributed by atoms with Crippen LogP contribution in [0.15, 0.2) is 28.7 Å². The third-order valence-electron chi connectivity index (χ3n) is 4.86. The van der Waals surface area contributed by atoms with Crippen molar-refractivity contribution in [2.24, 2.45) is 4.99 Å². The van der Waals surface area contributed by atoms with Crippen LogP contribution in [0.2, 0.25) is 0 Å². The highest BCUT2D eigenvalue weighted by Gasteiger charge is 2.20. The standard InChI is InChI=1S/C20H29N5OS/c1-5-21-20(23-14-17-16(3)19(26-4)15(2)13-22-17)25-10-8-24(9-11-25)18-7-6-12-27-18/h6-7,12-13H,5,8-11,14H2,1-4H3,(H,21,23). The van der Waals surface area contributed by atoms with Crippen LogP contribution in [0.4, 0.5) is 5.00 Å². The first kappa shape index (κ1) is 19.5. The Morgan fingerprint density at radius 2 is 2.07 bits per heavy atom. The zero-order valence-electron chi connectivity index (χ0n) is 16.7. The van der Waals surface area contributed by atoms with E-state index in [0.717, 1.165) is 61.3 Å². The Balaban J connectivity index is 1.69. The van der Waals surface area contributed by atoms with Gasteiger partial charge in [-0.05, 0) is 38.3 Å². The molecule has 1 N–H and O–H groups in total. The van der Waals surface area contributed by atoms with Crippen molar-refractivity contribution in [3.63, 3.8) is 0 Å². The molecule has 0 radical (unpaired) electrons. The Bertz CT molecular complexity index is 767. The number of guanidine groups is 1. The number of piperazine rings is 1. The molecule has 0 bridgehead atoms. The van der Waals surface area contributed by atoms with E-state index < -0.39 is 0 Å². The average molecular weight is 388 g/mol. The third kappa shape index (κ3) is 4.53. The average Bonchev–Trinajstić information content (AvgIpc) is 3.22. The van der Waals surface area contributed by atoms with E-state index in [1.54, 1.807) is 18.4 Å². The van der Waals surface area contributed by atoms with Crippen molar-refractivity contribution >= 4 is 22.3 Å². The van der Waals surface area contributed by atoms with Crippen LogP contribution >= 0.6 is 11.3 Å². The highest BCUT2D eigenvalue weighted by molar-refractivity contribution is 7.14. The van der Waals surface area contributed by atoms with Gasteiger partial charge < -0.3 is 19.9 Å².